The molecule has 1 aromatic carbocycles. The number of nitrogens with zero attached hydrogens (tertiary/aromatic N) is 1. The summed E-state index contributed by atoms with van der Waals surface area (Å²) in [4.78, 5) is 0. The summed E-state index contributed by atoms with van der Waals surface area (Å²) in [7, 11) is 0. The predicted octanol–water partition coefficient (Wildman–Crippen LogP) is 3.38. The molecule has 0 spiro atoms. The van der Waals surface area contributed by atoms with E-state index >= 15 is 0 Å². The highest BCUT2D eigenvalue weighted by Gasteiger charge is 2.41. The second-order valence-electron chi connectivity index (χ2n) is 6.19. The van der Waals surface area contributed by atoms with E-state index in [0.29, 0.717) is 17.3 Å². The van der Waals surface area contributed by atoms with E-state index in [-0.39, 0.29) is 0 Å². The van der Waals surface area contributed by atoms with Crippen LogP contribution in [0.3, 0.4) is 0 Å². The van der Waals surface area contributed by atoms with Crippen LogP contribution in [0.15, 0.2) is 18.2 Å². The highest BCUT2D eigenvalue weighted by Crippen LogP contribution is 2.49. The average Bonchev–Trinajstić information content (AvgIpc) is 3.03. The Bertz CT molecular complexity index is 517. The van der Waals surface area contributed by atoms with Crippen molar-refractivity contribution in [2.75, 3.05) is 11.1 Å². The molecular weight excluding hydrogens is 234 g/mol. The molecule has 0 aromatic heterocycles. The maximum Gasteiger partial charge on any atom is 0.0992 e. The van der Waals surface area contributed by atoms with Crippen LogP contribution in [0.5, 0.6) is 0 Å². The summed E-state index contributed by atoms with van der Waals surface area (Å²) < 4.78 is 0. The monoisotopic (exact) mass is 255 g/mol. The number of rotatable bonds is 3. The lowest BCUT2D eigenvalue weighted by atomic mass is 9.84. The first-order valence-corrected chi connectivity index (χ1v) is 7.23. The summed E-state index contributed by atoms with van der Waals surface area (Å²) in [5, 5.41) is 12.4. The number of hydrogen-bond acceptors (Lipinski definition) is 3. The van der Waals surface area contributed by atoms with E-state index in [1.165, 1.54) is 25.7 Å². The molecule has 4 atom stereocenters. The summed E-state index contributed by atoms with van der Waals surface area (Å²) in [6.07, 6.45) is 5.64. The Balaban J connectivity index is 1.70. The molecule has 0 heterocycles. The van der Waals surface area contributed by atoms with Crippen molar-refractivity contribution in [3.63, 3.8) is 0 Å². The molecular formula is C16H21N3. The number of hydrogen-bond donors (Lipinski definition) is 2. The number of benzene rings is 1. The Morgan fingerprint density at radius 2 is 2.21 bits per heavy atom. The van der Waals surface area contributed by atoms with E-state index in [9.17, 15) is 0 Å². The van der Waals surface area contributed by atoms with Gasteiger partial charge in [0.2, 0.25) is 0 Å². The third-order valence-corrected chi connectivity index (χ3v) is 5.00. The third kappa shape index (κ3) is 2.28. The Kier molecular flexibility index (Phi) is 3.10. The molecule has 2 aliphatic carbocycles. The first-order valence-electron chi connectivity index (χ1n) is 7.23. The van der Waals surface area contributed by atoms with Gasteiger partial charge in [-0.2, -0.15) is 5.26 Å². The molecule has 19 heavy (non-hydrogen) atoms. The van der Waals surface area contributed by atoms with Crippen LogP contribution in [0.1, 0.15) is 38.2 Å². The first-order chi connectivity index (χ1) is 9.17. The van der Waals surface area contributed by atoms with Crippen LogP contribution in [0, 0.1) is 29.1 Å². The van der Waals surface area contributed by atoms with E-state index in [1.807, 2.05) is 12.1 Å². The van der Waals surface area contributed by atoms with Crippen molar-refractivity contribution >= 4 is 11.4 Å². The van der Waals surface area contributed by atoms with Crippen LogP contribution in [0.25, 0.3) is 0 Å². The molecule has 4 unspecified atom stereocenters. The second kappa shape index (κ2) is 4.77. The van der Waals surface area contributed by atoms with E-state index < -0.39 is 0 Å². The van der Waals surface area contributed by atoms with E-state index in [0.717, 1.165) is 23.4 Å². The minimum absolute atomic E-state index is 0.463. The van der Waals surface area contributed by atoms with Gasteiger partial charge in [-0.05, 0) is 62.1 Å². The Morgan fingerprint density at radius 1 is 1.37 bits per heavy atom. The zero-order valence-corrected chi connectivity index (χ0v) is 11.4. The molecule has 0 radical (unpaired) electrons. The molecule has 3 N–H and O–H groups in total. The van der Waals surface area contributed by atoms with Gasteiger partial charge in [0.1, 0.15) is 0 Å². The highest BCUT2D eigenvalue weighted by molar-refractivity contribution is 5.68. The van der Waals surface area contributed by atoms with Gasteiger partial charge >= 0.3 is 0 Å². The molecule has 0 aliphatic heterocycles. The summed E-state index contributed by atoms with van der Waals surface area (Å²) in [6.45, 7) is 2.27. The fraction of sp³-hybridized carbons (Fsp3) is 0.562. The molecule has 1 aromatic rings. The maximum absolute atomic E-state index is 8.85. The number of nitrogens with one attached hydrogen (secondary N) is 1. The van der Waals surface area contributed by atoms with E-state index in [4.69, 9.17) is 11.0 Å². The van der Waals surface area contributed by atoms with Crippen molar-refractivity contribution in [1.82, 2.24) is 0 Å². The molecule has 2 fully saturated rings. The summed E-state index contributed by atoms with van der Waals surface area (Å²) in [5.74, 6) is 2.67. The van der Waals surface area contributed by atoms with Gasteiger partial charge < -0.3 is 11.1 Å². The highest BCUT2D eigenvalue weighted by atomic mass is 14.9. The zero-order valence-electron chi connectivity index (χ0n) is 11.4. The van der Waals surface area contributed by atoms with Crippen LogP contribution < -0.4 is 11.1 Å². The largest absolute Gasteiger partial charge is 0.397 e. The summed E-state index contributed by atoms with van der Waals surface area (Å²) >= 11 is 0. The standard InChI is InChI=1S/C16H21N3/c1-10(14-7-11-2-4-13(14)6-11)19-16-5-3-12(9-17)8-15(16)18/h3,5,8,10-11,13-14,19H,2,4,6-7,18H2,1H3. The van der Waals surface area contributed by atoms with Gasteiger partial charge in [0.15, 0.2) is 0 Å². The van der Waals surface area contributed by atoms with Crippen molar-refractivity contribution in [2.45, 2.75) is 38.6 Å². The molecule has 3 nitrogen and oxygen atoms in total. The average molecular weight is 255 g/mol. The van der Waals surface area contributed by atoms with Gasteiger partial charge in [0.05, 0.1) is 23.0 Å². The van der Waals surface area contributed by atoms with Gasteiger partial charge in [-0.15, -0.1) is 0 Å². The van der Waals surface area contributed by atoms with Crippen LogP contribution >= 0.6 is 0 Å². The van der Waals surface area contributed by atoms with Crippen molar-refractivity contribution in [3.8, 4) is 6.07 Å². The Morgan fingerprint density at radius 3 is 2.79 bits per heavy atom. The van der Waals surface area contributed by atoms with Crippen molar-refractivity contribution in [2.24, 2.45) is 17.8 Å². The van der Waals surface area contributed by atoms with Crippen LogP contribution in [0.2, 0.25) is 0 Å². The van der Waals surface area contributed by atoms with Gasteiger partial charge in [-0.25, -0.2) is 0 Å². The maximum atomic E-state index is 8.85. The lowest BCUT2D eigenvalue weighted by Crippen LogP contribution is -2.30. The van der Waals surface area contributed by atoms with E-state index in [1.54, 1.807) is 6.07 Å². The normalized spacial score (nSPS) is 30.0. The molecule has 2 bridgehead atoms. The lowest BCUT2D eigenvalue weighted by molar-refractivity contribution is 0.304. The van der Waals surface area contributed by atoms with Crippen molar-refractivity contribution < 1.29 is 0 Å². The second-order valence-corrected chi connectivity index (χ2v) is 6.19. The molecule has 2 aliphatic rings. The Labute approximate surface area is 114 Å². The first kappa shape index (κ1) is 12.3. The van der Waals surface area contributed by atoms with Crippen LogP contribution in [-0.2, 0) is 0 Å². The number of nitriles is 1. The van der Waals surface area contributed by atoms with Gasteiger partial charge in [-0.1, -0.05) is 6.42 Å². The number of anilines is 2. The fourth-order valence-corrected chi connectivity index (χ4v) is 4.02. The zero-order chi connectivity index (χ0) is 13.4. The van der Waals surface area contributed by atoms with Gasteiger partial charge in [0, 0.05) is 6.04 Å². The third-order valence-electron chi connectivity index (χ3n) is 5.00. The molecule has 100 valence electrons. The van der Waals surface area contributed by atoms with Crippen LogP contribution in [-0.4, -0.2) is 6.04 Å². The quantitative estimate of drug-likeness (QED) is 0.814. The predicted molar refractivity (Wildman–Crippen MR) is 77.6 cm³/mol. The number of nitrogens with two attached hydrogens (primary N) is 1. The SMILES string of the molecule is CC(Nc1ccc(C#N)cc1N)C1CC2CCC1C2. The summed E-state index contributed by atoms with van der Waals surface area (Å²) in [6, 6.07) is 8.08. The molecule has 3 rings (SSSR count). The molecule has 2 saturated carbocycles. The number of fused-ring (bicyclic) bond motifs is 2. The van der Waals surface area contributed by atoms with Crippen molar-refractivity contribution in [1.29, 1.82) is 5.26 Å². The summed E-state index contributed by atoms with van der Waals surface area (Å²) in [5.41, 5.74) is 8.27. The van der Waals surface area contributed by atoms with E-state index in [2.05, 4.69) is 18.3 Å². The van der Waals surface area contributed by atoms with Gasteiger partial charge in [-0.3, -0.25) is 0 Å². The topological polar surface area (TPSA) is 61.8 Å². The number of nitrogen functional groups attached to an aromatic ring is 1. The minimum Gasteiger partial charge on any atom is -0.397 e. The van der Waals surface area contributed by atoms with Gasteiger partial charge in [0.25, 0.3) is 0 Å². The minimum atomic E-state index is 0.463. The van der Waals surface area contributed by atoms with Crippen molar-refractivity contribution in [3.05, 3.63) is 23.8 Å². The fourth-order valence-electron chi connectivity index (χ4n) is 4.02. The van der Waals surface area contributed by atoms with Crippen LogP contribution in [0.4, 0.5) is 11.4 Å². The molecule has 3 heteroatoms. The lowest BCUT2D eigenvalue weighted by Gasteiger charge is -2.29. The molecule has 0 amide bonds. The smallest absolute Gasteiger partial charge is 0.0992 e. The molecule has 0 saturated heterocycles. The Hall–Kier alpha value is -1.69.